The second-order valence-corrected chi connectivity index (χ2v) is 5.93. The second kappa shape index (κ2) is 4.30. The topological polar surface area (TPSA) is 51.0 Å². The first-order valence-corrected chi connectivity index (χ1v) is 7.30. The number of aromatic nitrogens is 2. The molecule has 1 aliphatic carbocycles. The summed E-state index contributed by atoms with van der Waals surface area (Å²) in [7, 11) is 0. The molecule has 2 fully saturated rings. The van der Waals surface area contributed by atoms with Gasteiger partial charge in [-0.3, -0.25) is 0 Å². The Labute approximate surface area is 112 Å². The van der Waals surface area contributed by atoms with Gasteiger partial charge in [-0.2, -0.15) is 4.98 Å². The molecule has 3 unspecified atom stereocenters. The maximum absolute atomic E-state index is 5.88. The molecule has 0 aromatic carbocycles. The molecule has 4 heteroatoms. The monoisotopic (exact) mass is 257 g/mol. The third kappa shape index (κ3) is 1.94. The van der Waals surface area contributed by atoms with Crippen LogP contribution in [0.5, 0.6) is 0 Å². The Bertz CT molecular complexity index is 592. The van der Waals surface area contributed by atoms with Crippen LogP contribution < -0.4 is 5.32 Å². The molecule has 1 saturated heterocycles. The van der Waals surface area contributed by atoms with Crippen molar-refractivity contribution in [1.82, 2.24) is 15.3 Å². The molecule has 2 aromatic heterocycles. The predicted molar refractivity (Wildman–Crippen MR) is 72.8 cm³/mol. The lowest BCUT2D eigenvalue weighted by molar-refractivity contribution is 0.325. The molecule has 0 spiro atoms. The first-order chi connectivity index (χ1) is 9.29. The molecule has 2 aromatic rings. The number of aryl methyl sites for hydroxylation is 1. The number of nitrogens with one attached hydrogen (secondary N) is 1. The normalized spacial score (nSPS) is 30.7. The fourth-order valence-electron chi connectivity index (χ4n) is 3.59. The maximum Gasteiger partial charge on any atom is 0.214 e. The van der Waals surface area contributed by atoms with Crippen LogP contribution in [0.3, 0.4) is 0 Å². The molecule has 0 amide bonds. The first-order valence-electron chi connectivity index (χ1n) is 7.30. The average Bonchev–Trinajstić information content (AvgIpc) is 3.00. The Hall–Kier alpha value is -1.42. The van der Waals surface area contributed by atoms with Crippen LogP contribution >= 0.6 is 0 Å². The van der Waals surface area contributed by atoms with E-state index in [1.165, 1.54) is 25.7 Å². The molecule has 3 heterocycles. The highest BCUT2D eigenvalue weighted by atomic mass is 16.3. The van der Waals surface area contributed by atoms with Gasteiger partial charge in [0, 0.05) is 11.7 Å². The molecule has 4 nitrogen and oxygen atoms in total. The summed E-state index contributed by atoms with van der Waals surface area (Å²) in [5.74, 6) is 1.63. The summed E-state index contributed by atoms with van der Waals surface area (Å²) in [6.07, 6.45) is 6.56. The Morgan fingerprint density at radius 1 is 1.21 bits per heavy atom. The van der Waals surface area contributed by atoms with E-state index in [9.17, 15) is 0 Å². The number of oxazole rings is 1. The van der Waals surface area contributed by atoms with Crippen molar-refractivity contribution in [1.29, 1.82) is 0 Å². The molecule has 1 saturated carbocycles. The number of nitrogens with zero attached hydrogens (tertiary/aromatic N) is 2. The van der Waals surface area contributed by atoms with Crippen LogP contribution in [0.1, 0.15) is 49.7 Å². The molecule has 100 valence electrons. The van der Waals surface area contributed by atoms with E-state index in [2.05, 4.69) is 15.3 Å². The lowest BCUT2D eigenvalue weighted by Crippen LogP contribution is -2.30. The summed E-state index contributed by atoms with van der Waals surface area (Å²) in [6, 6.07) is 4.89. The van der Waals surface area contributed by atoms with Crippen LogP contribution in [-0.4, -0.2) is 16.0 Å². The van der Waals surface area contributed by atoms with Gasteiger partial charge in [0.2, 0.25) is 5.89 Å². The summed E-state index contributed by atoms with van der Waals surface area (Å²) in [5.41, 5.74) is 2.53. The molecule has 19 heavy (non-hydrogen) atoms. The SMILES string of the molecule is Cc1ccc2oc(C3CC4CCCCC4N3)nc2n1. The van der Waals surface area contributed by atoms with Gasteiger partial charge >= 0.3 is 0 Å². The standard InChI is InChI=1S/C15H19N3O/c1-9-6-7-13-14(16-9)18-15(19-13)12-8-10-4-2-3-5-11(10)17-12/h6-7,10-12,17H,2-5,8H2,1H3. The summed E-state index contributed by atoms with van der Waals surface area (Å²) >= 11 is 0. The van der Waals surface area contributed by atoms with Crippen LogP contribution in [0.25, 0.3) is 11.2 Å². The predicted octanol–water partition coefficient (Wildman–Crippen LogP) is 3.12. The lowest BCUT2D eigenvalue weighted by Gasteiger charge is -2.24. The van der Waals surface area contributed by atoms with Crippen LogP contribution in [0.2, 0.25) is 0 Å². The lowest BCUT2D eigenvalue weighted by atomic mass is 9.85. The van der Waals surface area contributed by atoms with Gasteiger partial charge in [-0.1, -0.05) is 12.8 Å². The van der Waals surface area contributed by atoms with E-state index in [4.69, 9.17) is 4.42 Å². The fourth-order valence-corrected chi connectivity index (χ4v) is 3.59. The Morgan fingerprint density at radius 2 is 2.11 bits per heavy atom. The van der Waals surface area contributed by atoms with E-state index in [1.807, 2.05) is 19.1 Å². The number of hydrogen-bond donors (Lipinski definition) is 1. The van der Waals surface area contributed by atoms with Gasteiger partial charge < -0.3 is 9.73 Å². The zero-order valence-corrected chi connectivity index (χ0v) is 11.2. The van der Waals surface area contributed by atoms with Gasteiger partial charge in [0.05, 0.1) is 6.04 Å². The minimum atomic E-state index is 0.280. The third-order valence-corrected chi connectivity index (χ3v) is 4.57. The van der Waals surface area contributed by atoms with Gasteiger partial charge in [-0.15, -0.1) is 0 Å². The van der Waals surface area contributed by atoms with Crippen molar-refractivity contribution in [3.8, 4) is 0 Å². The van der Waals surface area contributed by atoms with Crippen LogP contribution in [0.15, 0.2) is 16.5 Å². The largest absolute Gasteiger partial charge is 0.437 e. The van der Waals surface area contributed by atoms with E-state index < -0.39 is 0 Å². The number of fused-ring (bicyclic) bond motifs is 2. The van der Waals surface area contributed by atoms with Crippen LogP contribution in [-0.2, 0) is 0 Å². The highest BCUT2D eigenvalue weighted by Gasteiger charge is 2.37. The molecular weight excluding hydrogens is 238 g/mol. The van der Waals surface area contributed by atoms with Crippen molar-refractivity contribution in [2.45, 2.75) is 51.1 Å². The molecule has 1 N–H and O–H groups in total. The Balaban J connectivity index is 1.64. The highest BCUT2D eigenvalue weighted by molar-refractivity contribution is 5.67. The first kappa shape index (κ1) is 11.4. The van der Waals surface area contributed by atoms with Crippen LogP contribution in [0, 0.1) is 12.8 Å². The number of pyridine rings is 1. The summed E-state index contributed by atoms with van der Waals surface area (Å²) in [6.45, 7) is 1.98. The van der Waals surface area contributed by atoms with E-state index in [0.29, 0.717) is 6.04 Å². The van der Waals surface area contributed by atoms with E-state index in [-0.39, 0.29) is 6.04 Å². The minimum Gasteiger partial charge on any atom is -0.437 e. The summed E-state index contributed by atoms with van der Waals surface area (Å²) in [4.78, 5) is 9.00. The molecule has 0 radical (unpaired) electrons. The summed E-state index contributed by atoms with van der Waals surface area (Å²) in [5, 5.41) is 3.70. The second-order valence-electron chi connectivity index (χ2n) is 5.93. The minimum absolute atomic E-state index is 0.280. The van der Waals surface area contributed by atoms with E-state index in [1.54, 1.807) is 0 Å². The van der Waals surface area contributed by atoms with E-state index in [0.717, 1.165) is 35.2 Å². The molecule has 0 bridgehead atoms. The Kier molecular flexibility index (Phi) is 2.58. The fraction of sp³-hybridized carbons (Fsp3) is 0.600. The van der Waals surface area contributed by atoms with Crippen molar-refractivity contribution < 1.29 is 4.42 Å². The van der Waals surface area contributed by atoms with Crippen molar-refractivity contribution in [2.75, 3.05) is 0 Å². The van der Waals surface area contributed by atoms with E-state index >= 15 is 0 Å². The smallest absolute Gasteiger partial charge is 0.214 e. The molecule has 1 aliphatic heterocycles. The number of hydrogen-bond acceptors (Lipinski definition) is 4. The quantitative estimate of drug-likeness (QED) is 0.852. The number of rotatable bonds is 1. The maximum atomic E-state index is 5.88. The van der Waals surface area contributed by atoms with Gasteiger partial charge in [-0.25, -0.2) is 4.98 Å². The zero-order chi connectivity index (χ0) is 12.8. The zero-order valence-electron chi connectivity index (χ0n) is 11.2. The van der Waals surface area contributed by atoms with Gasteiger partial charge in [0.1, 0.15) is 0 Å². The molecule has 2 aliphatic rings. The third-order valence-electron chi connectivity index (χ3n) is 4.57. The average molecular weight is 257 g/mol. The van der Waals surface area contributed by atoms with Gasteiger partial charge in [0.15, 0.2) is 11.2 Å². The summed E-state index contributed by atoms with van der Waals surface area (Å²) < 4.78 is 5.88. The van der Waals surface area contributed by atoms with Crippen LogP contribution in [0.4, 0.5) is 0 Å². The molecule has 4 rings (SSSR count). The molecule has 3 atom stereocenters. The van der Waals surface area contributed by atoms with Crippen molar-refractivity contribution in [3.63, 3.8) is 0 Å². The van der Waals surface area contributed by atoms with Crippen molar-refractivity contribution in [3.05, 3.63) is 23.7 Å². The molecular formula is C15H19N3O. The van der Waals surface area contributed by atoms with Crippen molar-refractivity contribution in [2.24, 2.45) is 5.92 Å². The van der Waals surface area contributed by atoms with Crippen molar-refractivity contribution >= 4 is 11.2 Å². The van der Waals surface area contributed by atoms with Gasteiger partial charge in [0.25, 0.3) is 0 Å². The Morgan fingerprint density at radius 3 is 3.00 bits per heavy atom. The highest BCUT2D eigenvalue weighted by Crippen LogP contribution is 2.39. The van der Waals surface area contributed by atoms with Gasteiger partial charge in [-0.05, 0) is 44.2 Å².